The van der Waals surface area contributed by atoms with Crippen molar-refractivity contribution in [2.75, 3.05) is 25.4 Å². The van der Waals surface area contributed by atoms with E-state index >= 15 is 0 Å². The molecule has 1 aromatic rings. The molecule has 2 rings (SSSR count). The molecule has 0 aromatic heterocycles. The topological polar surface area (TPSA) is 29.3 Å². The van der Waals surface area contributed by atoms with Crippen molar-refractivity contribution in [2.24, 2.45) is 5.73 Å². The molecule has 1 aromatic carbocycles. The zero-order chi connectivity index (χ0) is 15.5. The second-order valence-electron chi connectivity index (χ2n) is 6.12. The molecule has 1 unspecified atom stereocenters. The number of benzene rings is 1. The SMILES string of the molecule is CC1(C)CCN(C(CN)c2cccc(C(F)F)c2)CCS1. The Morgan fingerprint density at radius 1 is 1.29 bits per heavy atom. The first-order valence-corrected chi connectivity index (χ1v) is 8.37. The van der Waals surface area contributed by atoms with Gasteiger partial charge < -0.3 is 5.73 Å². The molecule has 0 bridgehead atoms. The van der Waals surface area contributed by atoms with E-state index in [1.54, 1.807) is 12.1 Å². The monoisotopic (exact) mass is 314 g/mol. The van der Waals surface area contributed by atoms with Gasteiger partial charge in [0.2, 0.25) is 0 Å². The summed E-state index contributed by atoms with van der Waals surface area (Å²) in [5.74, 6) is 1.05. The fourth-order valence-electron chi connectivity index (χ4n) is 2.75. The van der Waals surface area contributed by atoms with Crippen molar-refractivity contribution in [1.29, 1.82) is 0 Å². The number of rotatable bonds is 4. The maximum absolute atomic E-state index is 12.9. The molecule has 1 aliphatic heterocycles. The minimum absolute atomic E-state index is 0.0261. The van der Waals surface area contributed by atoms with E-state index in [0.717, 1.165) is 30.8 Å². The van der Waals surface area contributed by atoms with Gasteiger partial charge in [0.25, 0.3) is 6.43 Å². The van der Waals surface area contributed by atoms with Crippen LogP contribution in [0.5, 0.6) is 0 Å². The van der Waals surface area contributed by atoms with Gasteiger partial charge in [-0.15, -0.1) is 0 Å². The molecule has 0 saturated carbocycles. The molecule has 0 radical (unpaired) electrons. The molecule has 1 fully saturated rings. The van der Waals surface area contributed by atoms with Crippen LogP contribution in [0.4, 0.5) is 8.78 Å². The van der Waals surface area contributed by atoms with Crippen LogP contribution in [0.25, 0.3) is 0 Å². The fraction of sp³-hybridized carbons (Fsp3) is 0.625. The molecule has 1 heterocycles. The fourth-order valence-corrected chi connectivity index (χ4v) is 3.86. The summed E-state index contributed by atoms with van der Waals surface area (Å²) in [4.78, 5) is 2.34. The summed E-state index contributed by atoms with van der Waals surface area (Å²) in [6.45, 7) is 6.89. The molecule has 118 valence electrons. The molecular formula is C16H24F2N2S. The van der Waals surface area contributed by atoms with E-state index in [9.17, 15) is 8.78 Å². The Labute approximate surface area is 130 Å². The molecule has 0 amide bonds. The highest BCUT2D eigenvalue weighted by Gasteiger charge is 2.27. The van der Waals surface area contributed by atoms with Gasteiger partial charge >= 0.3 is 0 Å². The molecule has 2 N–H and O–H groups in total. The Hall–Kier alpha value is -0.650. The van der Waals surface area contributed by atoms with Crippen LogP contribution in [-0.4, -0.2) is 35.0 Å². The van der Waals surface area contributed by atoms with Gasteiger partial charge in [-0.1, -0.05) is 32.0 Å². The van der Waals surface area contributed by atoms with Crippen molar-refractivity contribution in [3.63, 3.8) is 0 Å². The number of nitrogens with two attached hydrogens (primary N) is 1. The van der Waals surface area contributed by atoms with Gasteiger partial charge in [0, 0.05) is 41.7 Å². The third kappa shape index (κ3) is 4.41. The van der Waals surface area contributed by atoms with Crippen molar-refractivity contribution >= 4 is 11.8 Å². The molecule has 5 heteroatoms. The van der Waals surface area contributed by atoms with E-state index in [4.69, 9.17) is 5.73 Å². The Bertz CT molecular complexity index is 465. The average molecular weight is 314 g/mol. The third-order valence-corrected chi connectivity index (χ3v) is 5.46. The Balaban J connectivity index is 2.17. The number of hydrogen-bond donors (Lipinski definition) is 1. The van der Waals surface area contributed by atoms with Gasteiger partial charge in [-0.05, 0) is 18.1 Å². The third-order valence-electron chi connectivity index (χ3n) is 4.08. The number of alkyl halides is 2. The first kappa shape index (κ1) is 16.7. The second-order valence-corrected chi connectivity index (χ2v) is 7.92. The van der Waals surface area contributed by atoms with E-state index in [0.29, 0.717) is 6.54 Å². The standard InChI is InChI=1S/C16H24F2N2S/c1-16(2)6-7-20(8-9-21-16)14(11-19)12-4-3-5-13(10-12)15(17)18/h3-5,10,14-15H,6-9,11,19H2,1-2H3. The predicted octanol–water partition coefficient (Wildman–Crippen LogP) is 3.84. The Morgan fingerprint density at radius 3 is 2.67 bits per heavy atom. The molecule has 0 aliphatic carbocycles. The first-order chi connectivity index (χ1) is 9.93. The van der Waals surface area contributed by atoms with Gasteiger partial charge in [-0.3, -0.25) is 4.90 Å². The molecule has 1 saturated heterocycles. The Kier molecular flexibility index (Phi) is 5.63. The largest absolute Gasteiger partial charge is 0.329 e. The lowest BCUT2D eigenvalue weighted by molar-refractivity contribution is 0.150. The smallest absolute Gasteiger partial charge is 0.263 e. The molecule has 2 nitrogen and oxygen atoms in total. The van der Waals surface area contributed by atoms with Crippen molar-refractivity contribution in [3.8, 4) is 0 Å². The lowest BCUT2D eigenvalue weighted by Crippen LogP contribution is -2.36. The van der Waals surface area contributed by atoms with Crippen LogP contribution in [0.15, 0.2) is 24.3 Å². The lowest BCUT2D eigenvalue weighted by Gasteiger charge is -2.30. The summed E-state index contributed by atoms with van der Waals surface area (Å²) < 4.78 is 26.0. The summed E-state index contributed by atoms with van der Waals surface area (Å²) in [6.07, 6.45) is -1.34. The summed E-state index contributed by atoms with van der Waals surface area (Å²) in [7, 11) is 0. The number of thioether (sulfide) groups is 1. The molecule has 21 heavy (non-hydrogen) atoms. The van der Waals surface area contributed by atoms with Crippen LogP contribution in [0, 0.1) is 0 Å². The van der Waals surface area contributed by atoms with Crippen LogP contribution >= 0.6 is 11.8 Å². The van der Waals surface area contributed by atoms with E-state index in [1.807, 2.05) is 17.8 Å². The lowest BCUT2D eigenvalue weighted by atomic mass is 10.0. The Morgan fingerprint density at radius 2 is 2.00 bits per heavy atom. The molecular weight excluding hydrogens is 290 g/mol. The minimum Gasteiger partial charge on any atom is -0.329 e. The van der Waals surface area contributed by atoms with Crippen LogP contribution in [0.1, 0.15) is 43.9 Å². The summed E-state index contributed by atoms with van der Waals surface area (Å²) >= 11 is 1.97. The summed E-state index contributed by atoms with van der Waals surface area (Å²) in [6, 6.07) is 6.72. The van der Waals surface area contributed by atoms with Gasteiger partial charge in [-0.25, -0.2) is 8.78 Å². The van der Waals surface area contributed by atoms with E-state index in [1.165, 1.54) is 6.07 Å². The molecule has 1 atom stereocenters. The summed E-state index contributed by atoms with van der Waals surface area (Å²) in [5, 5.41) is 0. The number of halogens is 2. The molecule has 1 aliphatic rings. The van der Waals surface area contributed by atoms with E-state index < -0.39 is 6.43 Å². The minimum atomic E-state index is -2.43. The zero-order valence-electron chi connectivity index (χ0n) is 12.7. The second kappa shape index (κ2) is 7.07. The van der Waals surface area contributed by atoms with Gasteiger partial charge in [0.15, 0.2) is 0 Å². The van der Waals surface area contributed by atoms with Crippen molar-refractivity contribution in [3.05, 3.63) is 35.4 Å². The van der Waals surface area contributed by atoms with Crippen LogP contribution in [0.2, 0.25) is 0 Å². The normalized spacial score (nSPS) is 21.2. The first-order valence-electron chi connectivity index (χ1n) is 7.39. The highest BCUT2D eigenvalue weighted by molar-refractivity contribution is 8.00. The number of hydrogen-bond acceptors (Lipinski definition) is 3. The van der Waals surface area contributed by atoms with Gasteiger partial charge in [0.1, 0.15) is 0 Å². The van der Waals surface area contributed by atoms with E-state index in [2.05, 4.69) is 18.7 Å². The summed E-state index contributed by atoms with van der Waals surface area (Å²) in [5.41, 5.74) is 6.93. The van der Waals surface area contributed by atoms with Gasteiger partial charge in [0.05, 0.1) is 0 Å². The van der Waals surface area contributed by atoms with Gasteiger partial charge in [-0.2, -0.15) is 11.8 Å². The average Bonchev–Trinajstić information content (AvgIpc) is 2.62. The van der Waals surface area contributed by atoms with E-state index in [-0.39, 0.29) is 16.4 Å². The van der Waals surface area contributed by atoms with Crippen molar-refractivity contribution in [1.82, 2.24) is 4.90 Å². The van der Waals surface area contributed by atoms with Crippen LogP contribution < -0.4 is 5.73 Å². The highest BCUT2D eigenvalue weighted by Crippen LogP contribution is 2.34. The van der Waals surface area contributed by atoms with Crippen LogP contribution in [0.3, 0.4) is 0 Å². The quantitative estimate of drug-likeness (QED) is 0.915. The predicted molar refractivity (Wildman–Crippen MR) is 85.9 cm³/mol. The van der Waals surface area contributed by atoms with Crippen LogP contribution in [-0.2, 0) is 0 Å². The highest BCUT2D eigenvalue weighted by atomic mass is 32.2. The molecule has 0 spiro atoms. The van der Waals surface area contributed by atoms with Crippen molar-refractivity contribution < 1.29 is 8.78 Å². The maximum Gasteiger partial charge on any atom is 0.263 e. The maximum atomic E-state index is 12.9. The van der Waals surface area contributed by atoms with Crippen molar-refractivity contribution in [2.45, 2.75) is 37.5 Å². The number of nitrogens with zero attached hydrogens (tertiary/aromatic N) is 1. The zero-order valence-corrected chi connectivity index (χ0v) is 13.5.